The molecule has 0 aliphatic carbocycles. The Labute approximate surface area is 135 Å². The standard InChI is InChI=1S/C17H22O6/c1-12(2)10-21-8-9-22-16(19)14-6-4-5-7-15(14)17(20)23-11-13(3)18/h4-7,13,18H,1,8-11H2,2-3H3. The molecular weight excluding hydrogens is 300 g/mol. The number of hydrogen-bond donors (Lipinski definition) is 1. The van der Waals surface area contributed by atoms with Gasteiger partial charge in [0.1, 0.15) is 13.2 Å². The van der Waals surface area contributed by atoms with Crippen molar-refractivity contribution >= 4 is 11.9 Å². The van der Waals surface area contributed by atoms with Crippen LogP contribution >= 0.6 is 0 Å². The van der Waals surface area contributed by atoms with Crippen LogP contribution in [0.3, 0.4) is 0 Å². The quantitative estimate of drug-likeness (QED) is 0.425. The van der Waals surface area contributed by atoms with E-state index in [0.29, 0.717) is 6.61 Å². The normalized spacial score (nSPS) is 11.6. The minimum absolute atomic E-state index is 0.0726. The average molecular weight is 322 g/mol. The summed E-state index contributed by atoms with van der Waals surface area (Å²) in [7, 11) is 0. The van der Waals surface area contributed by atoms with Crippen molar-refractivity contribution in [3.8, 4) is 0 Å². The fourth-order valence-corrected chi connectivity index (χ4v) is 1.63. The molecule has 0 heterocycles. The van der Waals surface area contributed by atoms with E-state index in [-0.39, 0.29) is 30.9 Å². The molecule has 0 spiro atoms. The number of hydrogen-bond acceptors (Lipinski definition) is 6. The molecule has 1 N–H and O–H groups in total. The van der Waals surface area contributed by atoms with Gasteiger partial charge in [0, 0.05) is 0 Å². The van der Waals surface area contributed by atoms with Gasteiger partial charge in [-0.1, -0.05) is 24.3 Å². The lowest BCUT2D eigenvalue weighted by molar-refractivity contribution is 0.0275. The van der Waals surface area contributed by atoms with Crippen molar-refractivity contribution in [3.63, 3.8) is 0 Å². The van der Waals surface area contributed by atoms with Crippen LogP contribution in [0.15, 0.2) is 36.4 Å². The van der Waals surface area contributed by atoms with Crippen molar-refractivity contribution < 1.29 is 28.9 Å². The van der Waals surface area contributed by atoms with E-state index in [1.165, 1.54) is 19.1 Å². The van der Waals surface area contributed by atoms with Crippen LogP contribution in [0.5, 0.6) is 0 Å². The Hall–Kier alpha value is -2.18. The van der Waals surface area contributed by atoms with Crippen LogP contribution < -0.4 is 0 Å². The van der Waals surface area contributed by atoms with E-state index in [0.717, 1.165) is 5.57 Å². The van der Waals surface area contributed by atoms with Gasteiger partial charge in [-0.3, -0.25) is 0 Å². The third-order valence-corrected chi connectivity index (χ3v) is 2.63. The molecular formula is C17H22O6. The van der Waals surface area contributed by atoms with E-state index >= 15 is 0 Å². The summed E-state index contributed by atoms with van der Waals surface area (Å²) in [5.41, 5.74) is 1.09. The minimum Gasteiger partial charge on any atom is -0.460 e. The van der Waals surface area contributed by atoms with Crippen LogP contribution in [0.1, 0.15) is 34.6 Å². The van der Waals surface area contributed by atoms with Gasteiger partial charge in [0.25, 0.3) is 0 Å². The van der Waals surface area contributed by atoms with Crippen LogP contribution in [0.2, 0.25) is 0 Å². The summed E-state index contributed by atoms with van der Waals surface area (Å²) in [5, 5.41) is 9.14. The monoisotopic (exact) mass is 322 g/mol. The van der Waals surface area contributed by atoms with Gasteiger partial charge in [-0.15, -0.1) is 0 Å². The van der Waals surface area contributed by atoms with Crippen molar-refractivity contribution in [2.45, 2.75) is 20.0 Å². The summed E-state index contributed by atoms with van der Waals surface area (Å²) in [6, 6.07) is 6.19. The van der Waals surface area contributed by atoms with E-state index < -0.39 is 18.0 Å². The molecule has 23 heavy (non-hydrogen) atoms. The molecule has 126 valence electrons. The zero-order chi connectivity index (χ0) is 17.2. The second-order valence-corrected chi connectivity index (χ2v) is 5.14. The summed E-state index contributed by atoms with van der Waals surface area (Å²) in [5.74, 6) is -1.31. The third-order valence-electron chi connectivity index (χ3n) is 2.63. The smallest absolute Gasteiger partial charge is 0.339 e. The van der Waals surface area contributed by atoms with Crippen molar-refractivity contribution in [2.75, 3.05) is 26.4 Å². The first-order chi connectivity index (χ1) is 10.9. The first kappa shape index (κ1) is 18.9. The zero-order valence-electron chi connectivity index (χ0n) is 13.4. The van der Waals surface area contributed by atoms with Gasteiger partial charge in [0.2, 0.25) is 0 Å². The van der Waals surface area contributed by atoms with Crippen molar-refractivity contribution in [2.24, 2.45) is 0 Å². The van der Waals surface area contributed by atoms with Crippen LogP contribution in [0.25, 0.3) is 0 Å². The fourth-order valence-electron chi connectivity index (χ4n) is 1.63. The van der Waals surface area contributed by atoms with E-state index in [1.807, 2.05) is 6.92 Å². The molecule has 0 bridgehead atoms. The van der Waals surface area contributed by atoms with Gasteiger partial charge in [-0.25, -0.2) is 9.59 Å². The molecule has 0 aromatic heterocycles. The van der Waals surface area contributed by atoms with E-state index in [2.05, 4.69) is 6.58 Å². The molecule has 1 rings (SSSR count). The molecule has 1 atom stereocenters. The highest BCUT2D eigenvalue weighted by Gasteiger charge is 2.19. The third kappa shape index (κ3) is 7.08. The van der Waals surface area contributed by atoms with Gasteiger partial charge >= 0.3 is 11.9 Å². The highest BCUT2D eigenvalue weighted by atomic mass is 16.6. The van der Waals surface area contributed by atoms with Gasteiger partial charge in [-0.05, 0) is 26.0 Å². The van der Waals surface area contributed by atoms with Gasteiger partial charge in [-0.2, -0.15) is 0 Å². The molecule has 1 aromatic carbocycles. The minimum atomic E-state index is -0.775. The molecule has 0 aliphatic rings. The summed E-state index contributed by atoms with van der Waals surface area (Å²) < 4.78 is 15.2. The fraction of sp³-hybridized carbons (Fsp3) is 0.412. The molecule has 0 saturated carbocycles. The molecule has 0 aliphatic heterocycles. The number of rotatable bonds is 9. The first-order valence-corrected chi connectivity index (χ1v) is 7.25. The van der Waals surface area contributed by atoms with Gasteiger partial charge in [0.15, 0.2) is 0 Å². The number of ether oxygens (including phenoxy) is 3. The molecule has 0 saturated heterocycles. The van der Waals surface area contributed by atoms with Crippen LogP contribution in [-0.2, 0) is 14.2 Å². The van der Waals surface area contributed by atoms with Crippen LogP contribution in [0.4, 0.5) is 0 Å². The molecule has 6 heteroatoms. The predicted molar refractivity (Wildman–Crippen MR) is 84.3 cm³/mol. The maximum atomic E-state index is 12.1. The summed E-state index contributed by atoms with van der Waals surface area (Å²) in [4.78, 5) is 24.0. The largest absolute Gasteiger partial charge is 0.460 e. The topological polar surface area (TPSA) is 82.1 Å². The molecule has 1 unspecified atom stereocenters. The summed E-state index contributed by atoms with van der Waals surface area (Å²) >= 11 is 0. The second-order valence-electron chi connectivity index (χ2n) is 5.14. The highest BCUT2D eigenvalue weighted by molar-refractivity contribution is 6.03. The Morgan fingerprint density at radius 3 is 2.22 bits per heavy atom. The predicted octanol–water partition coefficient (Wildman–Crippen LogP) is 1.97. The number of carbonyl (C=O) groups is 2. The van der Waals surface area contributed by atoms with E-state index in [1.54, 1.807) is 12.1 Å². The van der Waals surface area contributed by atoms with Crippen LogP contribution in [-0.4, -0.2) is 49.6 Å². The zero-order valence-corrected chi connectivity index (χ0v) is 13.4. The number of aliphatic hydroxyl groups is 1. The Bertz CT molecular complexity index is 550. The highest BCUT2D eigenvalue weighted by Crippen LogP contribution is 2.12. The molecule has 0 amide bonds. The lowest BCUT2D eigenvalue weighted by Crippen LogP contribution is -2.19. The summed E-state index contributed by atoms with van der Waals surface area (Å²) in [6.07, 6.45) is -0.775. The number of carbonyl (C=O) groups excluding carboxylic acids is 2. The molecule has 0 radical (unpaired) electrons. The molecule has 0 fully saturated rings. The lowest BCUT2D eigenvalue weighted by atomic mass is 10.1. The molecule has 1 aromatic rings. The summed E-state index contributed by atoms with van der Waals surface area (Å²) in [6.45, 7) is 7.60. The Morgan fingerprint density at radius 2 is 1.70 bits per heavy atom. The van der Waals surface area contributed by atoms with Crippen molar-refractivity contribution in [1.29, 1.82) is 0 Å². The number of benzene rings is 1. The SMILES string of the molecule is C=C(C)COCCOC(=O)c1ccccc1C(=O)OCC(C)O. The van der Waals surface area contributed by atoms with Crippen LogP contribution in [0, 0.1) is 0 Å². The number of aliphatic hydroxyl groups excluding tert-OH is 1. The maximum absolute atomic E-state index is 12.1. The lowest BCUT2D eigenvalue weighted by Gasteiger charge is -2.11. The van der Waals surface area contributed by atoms with Gasteiger partial charge in [0.05, 0.1) is 30.4 Å². The average Bonchev–Trinajstić information content (AvgIpc) is 2.51. The Morgan fingerprint density at radius 1 is 1.13 bits per heavy atom. The Balaban J connectivity index is 2.59. The van der Waals surface area contributed by atoms with Crippen molar-refractivity contribution in [3.05, 3.63) is 47.5 Å². The number of esters is 2. The van der Waals surface area contributed by atoms with E-state index in [4.69, 9.17) is 19.3 Å². The second kappa shape index (κ2) is 9.76. The van der Waals surface area contributed by atoms with E-state index in [9.17, 15) is 9.59 Å². The molecule has 6 nitrogen and oxygen atoms in total. The van der Waals surface area contributed by atoms with Crippen molar-refractivity contribution in [1.82, 2.24) is 0 Å². The maximum Gasteiger partial charge on any atom is 0.339 e. The first-order valence-electron chi connectivity index (χ1n) is 7.25. The van der Waals surface area contributed by atoms with Gasteiger partial charge < -0.3 is 19.3 Å². The Kier molecular flexibility index (Phi) is 8.01.